The fourth-order valence-corrected chi connectivity index (χ4v) is 3.20. The Kier molecular flexibility index (Phi) is 6.03. The number of fused-ring (bicyclic) bond motifs is 1. The van der Waals surface area contributed by atoms with Crippen LogP contribution >= 0.6 is 0 Å². The van der Waals surface area contributed by atoms with Crippen molar-refractivity contribution < 1.29 is 14.3 Å². The molecule has 2 aromatic heterocycles. The minimum Gasteiger partial charge on any atom is -0.495 e. The lowest BCUT2D eigenvalue weighted by Crippen LogP contribution is -2.20. The second-order valence-corrected chi connectivity index (χ2v) is 7.08. The number of hydrogen-bond donors (Lipinski definition) is 2. The van der Waals surface area contributed by atoms with Crippen LogP contribution in [0.3, 0.4) is 0 Å². The number of rotatable bonds is 6. The number of methoxy groups -OCH3 is 1. The van der Waals surface area contributed by atoms with Crippen LogP contribution in [0.5, 0.6) is 11.5 Å². The van der Waals surface area contributed by atoms with E-state index in [4.69, 9.17) is 9.47 Å². The van der Waals surface area contributed by atoms with E-state index in [0.717, 1.165) is 5.56 Å². The van der Waals surface area contributed by atoms with Crippen LogP contribution in [0, 0.1) is 6.92 Å². The Morgan fingerprint density at radius 2 is 1.62 bits per heavy atom. The maximum absolute atomic E-state index is 12.5. The van der Waals surface area contributed by atoms with Gasteiger partial charge in [-0.1, -0.05) is 30.3 Å². The standard InChI is InChI=1S/C24H22N4O4/c1-16-11-12-22-25-17(13-23(29)28(22)14-16)15-32-21-10-6-4-8-19(21)27-24(30)26-18-7-3-5-9-20(18)31-2/h3-14H,15H2,1-2H3,(H2,26,27,30). The van der Waals surface area contributed by atoms with Crippen molar-refractivity contribution in [3.8, 4) is 11.5 Å². The maximum atomic E-state index is 12.5. The number of carbonyl (C=O) groups is 1. The molecule has 0 atom stereocenters. The summed E-state index contributed by atoms with van der Waals surface area (Å²) in [4.78, 5) is 29.4. The second kappa shape index (κ2) is 9.22. The average molecular weight is 430 g/mol. The van der Waals surface area contributed by atoms with Gasteiger partial charge in [-0.15, -0.1) is 0 Å². The quantitative estimate of drug-likeness (QED) is 0.477. The van der Waals surface area contributed by atoms with Gasteiger partial charge in [-0.3, -0.25) is 9.20 Å². The fourth-order valence-electron chi connectivity index (χ4n) is 3.20. The molecule has 0 fully saturated rings. The van der Waals surface area contributed by atoms with E-state index in [1.54, 1.807) is 54.7 Å². The molecule has 2 aromatic carbocycles. The van der Waals surface area contributed by atoms with Gasteiger partial charge in [-0.2, -0.15) is 0 Å². The van der Waals surface area contributed by atoms with Gasteiger partial charge in [0.15, 0.2) is 0 Å². The molecule has 32 heavy (non-hydrogen) atoms. The first-order valence-electron chi connectivity index (χ1n) is 9.95. The number of para-hydroxylation sites is 4. The average Bonchev–Trinajstić information content (AvgIpc) is 2.79. The molecule has 0 aliphatic carbocycles. The zero-order chi connectivity index (χ0) is 22.5. The molecule has 2 heterocycles. The molecule has 0 radical (unpaired) electrons. The van der Waals surface area contributed by atoms with Crippen LogP contribution in [0.15, 0.2) is 77.7 Å². The predicted molar refractivity (Wildman–Crippen MR) is 123 cm³/mol. The summed E-state index contributed by atoms with van der Waals surface area (Å²) < 4.78 is 12.6. The SMILES string of the molecule is COc1ccccc1NC(=O)Nc1ccccc1OCc1cc(=O)n2cc(C)ccc2n1. The first kappa shape index (κ1) is 20.9. The number of nitrogens with one attached hydrogen (secondary N) is 2. The number of hydrogen-bond acceptors (Lipinski definition) is 5. The van der Waals surface area contributed by atoms with Crippen molar-refractivity contribution >= 4 is 23.1 Å². The molecule has 0 aliphatic heterocycles. The molecule has 4 rings (SSSR count). The number of carbonyl (C=O) groups excluding carboxylic acids is 1. The third-order valence-corrected chi connectivity index (χ3v) is 4.73. The molecule has 0 saturated carbocycles. The lowest BCUT2D eigenvalue weighted by atomic mass is 10.3. The first-order valence-corrected chi connectivity index (χ1v) is 9.95. The summed E-state index contributed by atoms with van der Waals surface area (Å²) >= 11 is 0. The van der Waals surface area contributed by atoms with E-state index in [0.29, 0.717) is 34.2 Å². The molecule has 2 N–H and O–H groups in total. The van der Waals surface area contributed by atoms with Gasteiger partial charge >= 0.3 is 6.03 Å². The van der Waals surface area contributed by atoms with Gasteiger partial charge in [0, 0.05) is 12.3 Å². The lowest BCUT2D eigenvalue weighted by molar-refractivity contribution is 0.261. The van der Waals surface area contributed by atoms with Crippen molar-refractivity contribution in [1.82, 2.24) is 9.38 Å². The van der Waals surface area contributed by atoms with Gasteiger partial charge in [-0.05, 0) is 42.8 Å². The molecular formula is C24H22N4O4. The Bertz CT molecular complexity index is 1330. The van der Waals surface area contributed by atoms with Crippen molar-refractivity contribution in [1.29, 1.82) is 0 Å². The highest BCUT2D eigenvalue weighted by Gasteiger charge is 2.11. The number of urea groups is 1. The molecule has 2 amide bonds. The molecular weight excluding hydrogens is 408 g/mol. The molecule has 8 heteroatoms. The van der Waals surface area contributed by atoms with Crippen LogP contribution < -0.4 is 25.7 Å². The van der Waals surface area contributed by atoms with Gasteiger partial charge in [0.25, 0.3) is 5.56 Å². The van der Waals surface area contributed by atoms with Crippen LogP contribution in [0.25, 0.3) is 5.65 Å². The van der Waals surface area contributed by atoms with Crippen molar-refractivity contribution in [2.45, 2.75) is 13.5 Å². The molecule has 0 spiro atoms. The van der Waals surface area contributed by atoms with Crippen LogP contribution in [-0.2, 0) is 6.61 Å². The number of aryl methyl sites for hydroxylation is 1. The minimum absolute atomic E-state index is 0.0758. The molecule has 0 aliphatic rings. The summed E-state index contributed by atoms with van der Waals surface area (Å²) in [6.07, 6.45) is 1.74. The minimum atomic E-state index is -0.442. The summed E-state index contributed by atoms with van der Waals surface area (Å²) in [5.41, 5.74) is 2.85. The van der Waals surface area contributed by atoms with E-state index < -0.39 is 6.03 Å². The molecule has 4 aromatic rings. The highest BCUT2D eigenvalue weighted by molar-refractivity contribution is 6.01. The number of ether oxygens (including phenoxy) is 2. The normalized spacial score (nSPS) is 10.6. The smallest absolute Gasteiger partial charge is 0.323 e. The third-order valence-electron chi connectivity index (χ3n) is 4.73. The molecule has 8 nitrogen and oxygen atoms in total. The van der Waals surface area contributed by atoms with Crippen molar-refractivity contribution in [2.75, 3.05) is 17.7 Å². The van der Waals surface area contributed by atoms with Gasteiger partial charge in [0.1, 0.15) is 23.8 Å². The van der Waals surface area contributed by atoms with Crippen molar-refractivity contribution in [3.05, 3.63) is 94.5 Å². The highest BCUT2D eigenvalue weighted by atomic mass is 16.5. The highest BCUT2D eigenvalue weighted by Crippen LogP contribution is 2.26. The predicted octanol–water partition coefficient (Wildman–Crippen LogP) is 4.23. The largest absolute Gasteiger partial charge is 0.495 e. The van der Waals surface area contributed by atoms with E-state index >= 15 is 0 Å². The third kappa shape index (κ3) is 4.70. The van der Waals surface area contributed by atoms with Crippen LogP contribution in [0.1, 0.15) is 11.3 Å². The van der Waals surface area contributed by atoms with Crippen molar-refractivity contribution in [2.24, 2.45) is 0 Å². The second-order valence-electron chi connectivity index (χ2n) is 7.08. The molecule has 0 saturated heterocycles. The number of anilines is 2. The number of benzene rings is 2. The molecule has 0 bridgehead atoms. The Balaban J connectivity index is 1.48. The fraction of sp³-hybridized carbons (Fsp3) is 0.125. The van der Waals surface area contributed by atoms with Crippen LogP contribution in [0.4, 0.5) is 16.2 Å². The van der Waals surface area contributed by atoms with Gasteiger partial charge in [-0.25, -0.2) is 9.78 Å². The lowest BCUT2D eigenvalue weighted by Gasteiger charge is -2.14. The number of amides is 2. The number of aromatic nitrogens is 2. The van der Waals surface area contributed by atoms with E-state index in [2.05, 4.69) is 15.6 Å². The number of pyridine rings is 1. The Labute approximate surface area is 184 Å². The van der Waals surface area contributed by atoms with Crippen LogP contribution in [0.2, 0.25) is 0 Å². The Morgan fingerprint density at radius 1 is 0.969 bits per heavy atom. The van der Waals surface area contributed by atoms with Gasteiger partial charge in [0.05, 0.1) is 24.2 Å². The van der Waals surface area contributed by atoms with Gasteiger partial charge in [0.2, 0.25) is 0 Å². The topological polar surface area (TPSA) is 94.0 Å². The summed E-state index contributed by atoms with van der Waals surface area (Å²) in [5, 5.41) is 5.53. The monoisotopic (exact) mass is 430 g/mol. The molecule has 0 unspecified atom stereocenters. The van der Waals surface area contributed by atoms with Crippen molar-refractivity contribution in [3.63, 3.8) is 0 Å². The molecule has 162 valence electrons. The van der Waals surface area contributed by atoms with E-state index in [9.17, 15) is 9.59 Å². The zero-order valence-electron chi connectivity index (χ0n) is 17.7. The number of nitrogens with zero attached hydrogens (tertiary/aromatic N) is 2. The van der Waals surface area contributed by atoms with Gasteiger partial charge < -0.3 is 20.1 Å². The summed E-state index contributed by atoms with van der Waals surface area (Å²) in [7, 11) is 1.54. The first-order chi connectivity index (χ1) is 15.5. The summed E-state index contributed by atoms with van der Waals surface area (Å²) in [5.74, 6) is 1.00. The summed E-state index contributed by atoms with van der Waals surface area (Å²) in [6, 6.07) is 18.8. The van der Waals surface area contributed by atoms with E-state index in [1.165, 1.54) is 17.6 Å². The van der Waals surface area contributed by atoms with E-state index in [1.807, 2.05) is 19.1 Å². The van der Waals surface area contributed by atoms with Crippen LogP contribution in [-0.4, -0.2) is 22.5 Å². The Morgan fingerprint density at radius 3 is 2.34 bits per heavy atom. The zero-order valence-corrected chi connectivity index (χ0v) is 17.7. The Hall–Kier alpha value is -4.33. The maximum Gasteiger partial charge on any atom is 0.323 e. The summed E-state index contributed by atoms with van der Waals surface area (Å²) in [6.45, 7) is 1.99. The van der Waals surface area contributed by atoms with E-state index in [-0.39, 0.29) is 12.2 Å².